The Morgan fingerprint density at radius 3 is 2.56 bits per heavy atom. The van der Waals surface area contributed by atoms with Crippen molar-refractivity contribution in [3.63, 3.8) is 0 Å². The quantitative estimate of drug-likeness (QED) is 0.405. The summed E-state index contributed by atoms with van der Waals surface area (Å²) in [5, 5.41) is 20.2. The molecule has 7 nitrogen and oxygen atoms in total. The molecule has 0 aliphatic heterocycles. The molecule has 7 heteroatoms. The fourth-order valence-electron chi connectivity index (χ4n) is 3.32. The molecule has 5 rings (SSSR count). The van der Waals surface area contributed by atoms with Gasteiger partial charge in [0.2, 0.25) is 0 Å². The van der Waals surface area contributed by atoms with Crippen molar-refractivity contribution in [3.8, 4) is 23.3 Å². The number of oxazole rings is 1. The molecule has 3 aromatic carbocycles. The van der Waals surface area contributed by atoms with Crippen molar-refractivity contribution in [1.29, 1.82) is 5.26 Å². The summed E-state index contributed by atoms with van der Waals surface area (Å²) >= 11 is 0. The molecule has 0 radical (unpaired) electrons. The Bertz CT molecular complexity index is 1470. The monoisotopic (exact) mass is 423 g/mol. The average molecular weight is 423 g/mol. The van der Waals surface area contributed by atoms with Crippen LogP contribution in [0, 0.1) is 11.3 Å². The van der Waals surface area contributed by atoms with E-state index in [9.17, 15) is 5.11 Å². The molecule has 0 fully saturated rings. The van der Waals surface area contributed by atoms with Gasteiger partial charge in [-0.15, -0.1) is 0 Å². The third kappa shape index (κ3) is 4.02. The molecule has 5 aromatic rings. The molecular formula is C25H17N3O4. The number of nitriles is 1. The lowest BCUT2D eigenvalue weighted by Crippen LogP contribution is -2.00. The number of phenols is 1. The van der Waals surface area contributed by atoms with Gasteiger partial charge in [0.15, 0.2) is 11.7 Å². The van der Waals surface area contributed by atoms with Crippen LogP contribution in [0.5, 0.6) is 17.2 Å². The first-order chi connectivity index (χ1) is 15.7. The van der Waals surface area contributed by atoms with Crippen LogP contribution in [0.25, 0.3) is 22.0 Å². The van der Waals surface area contributed by atoms with Crippen molar-refractivity contribution in [3.05, 3.63) is 89.9 Å². The maximum atomic E-state index is 10.2. The molecule has 0 aliphatic carbocycles. The van der Waals surface area contributed by atoms with Gasteiger partial charge in [-0.25, -0.2) is 4.98 Å². The predicted octanol–water partition coefficient (Wildman–Crippen LogP) is 5.11. The summed E-state index contributed by atoms with van der Waals surface area (Å²) in [5.41, 5.74) is 3.34. The minimum atomic E-state index is 0.000507. The van der Waals surface area contributed by atoms with Gasteiger partial charge < -0.3 is 19.0 Å². The molecule has 0 spiro atoms. The van der Waals surface area contributed by atoms with Crippen LogP contribution in [0.2, 0.25) is 0 Å². The number of hydrogen-bond acceptors (Lipinski definition) is 7. The maximum Gasteiger partial charge on any atom is 0.301 e. The molecule has 156 valence electrons. The lowest BCUT2D eigenvalue weighted by Gasteiger charge is -2.11. The summed E-state index contributed by atoms with van der Waals surface area (Å²) in [6.45, 7) is 0.432. The van der Waals surface area contributed by atoms with Crippen LogP contribution in [-0.4, -0.2) is 15.1 Å². The number of rotatable bonds is 6. The number of hydrogen-bond donors (Lipinski definition) is 1. The van der Waals surface area contributed by atoms with Gasteiger partial charge in [-0.1, -0.05) is 24.3 Å². The number of nitrogens with zero attached hydrogens (tertiary/aromatic N) is 3. The van der Waals surface area contributed by atoms with E-state index in [1.165, 1.54) is 0 Å². The third-order valence-corrected chi connectivity index (χ3v) is 4.94. The van der Waals surface area contributed by atoms with Crippen molar-refractivity contribution in [2.24, 2.45) is 0 Å². The summed E-state index contributed by atoms with van der Waals surface area (Å²) < 4.78 is 17.0. The number of benzene rings is 3. The van der Waals surface area contributed by atoms with Crippen molar-refractivity contribution in [2.75, 3.05) is 0 Å². The Morgan fingerprint density at radius 2 is 1.66 bits per heavy atom. The van der Waals surface area contributed by atoms with Crippen LogP contribution in [0.4, 0.5) is 0 Å². The molecule has 1 N–H and O–H groups in total. The molecular weight excluding hydrogens is 406 g/mol. The van der Waals surface area contributed by atoms with Crippen LogP contribution in [0.3, 0.4) is 0 Å². The lowest BCUT2D eigenvalue weighted by molar-refractivity contribution is 0.288. The molecule has 0 bridgehead atoms. The highest BCUT2D eigenvalue weighted by atomic mass is 16.5. The van der Waals surface area contributed by atoms with Crippen molar-refractivity contribution < 1.29 is 19.0 Å². The van der Waals surface area contributed by atoms with E-state index >= 15 is 0 Å². The maximum absolute atomic E-state index is 10.2. The van der Waals surface area contributed by atoms with Crippen LogP contribution >= 0.6 is 0 Å². The highest BCUT2D eigenvalue weighted by Crippen LogP contribution is 2.27. The second kappa shape index (κ2) is 8.28. The Hall–Kier alpha value is -4.57. The van der Waals surface area contributed by atoms with E-state index in [1.54, 1.807) is 36.4 Å². The highest BCUT2D eigenvalue weighted by molar-refractivity contribution is 5.78. The Balaban J connectivity index is 1.27. The van der Waals surface area contributed by atoms with E-state index in [1.807, 2.05) is 42.5 Å². The fraction of sp³-hybridized carbons (Fsp3) is 0.0800. The van der Waals surface area contributed by atoms with Gasteiger partial charge in [0, 0.05) is 17.0 Å². The van der Waals surface area contributed by atoms with E-state index < -0.39 is 0 Å². The number of phenolic OH excluding ortho intramolecular Hbond substituents is 1. The molecule has 2 aromatic heterocycles. The van der Waals surface area contributed by atoms with Gasteiger partial charge in [0.1, 0.15) is 36.0 Å². The van der Waals surface area contributed by atoms with Crippen LogP contribution in [0.1, 0.15) is 17.1 Å². The van der Waals surface area contributed by atoms with Gasteiger partial charge in [-0.05, 0) is 42.5 Å². The topological polar surface area (TPSA) is 101 Å². The van der Waals surface area contributed by atoms with Gasteiger partial charge in [0.05, 0.1) is 11.2 Å². The smallest absolute Gasteiger partial charge is 0.301 e. The average Bonchev–Trinajstić information content (AvgIpc) is 3.25. The minimum absolute atomic E-state index is 0.000507. The Labute approximate surface area is 183 Å². The third-order valence-electron chi connectivity index (χ3n) is 4.94. The van der Waals surface area contributed by atoms with Crippen LogP contribution in [0.15, 0.2) is 77.2 Å². The van der Waals surface area contributed by atoms with E-state index in [-0.39, 0.29) is 18.2 Å². The number of para-hydroxylation sites is 1. The largest absolute Gasteiger partial charge is 0.508 e. The number of aromatic hydroxyl groups is 1. The molecule has 0 amide bonds. The summed E-state index contributed by atoms with van der Waals surface area (Å²) in [4.78, 5) is 8.64. The van der Waals surface area contributed by atoms with Crippen molar-refractivity contribution >= 4 is 22.0 Å². The number of fused-ring (bicyclic) bond motifs is 2. The van der Waals surface area contributed by atoms with Crippen molar-refractivity contribution in [2.45, 2.75) is 13.2 Å². The normalized spacial score (nSPS) is 10.8. The second-order valence-electron chi connectivity index (χ2n) is 7.12. The minimum Gasteiger partial charge on any atom is -0.508 e. The predicted molar refractivity (Wildman–Crippen MR) is 117 cm³/mol. The van der Waals surface area contributed by atoms with Crippen LogP contribution in [-0.2, 0) is 13.2 Å². The molecule has 32 heavy (non-hydrogen) atoms. The number of ether oxygens (including phenoxy) is 2. The number of aromatic nitrogens is 2. The summed E-state index contributed by atoms with van der Waals surface area (Å²) in [7, 11) is 0. The van der Waals surface area contributed by atoms with Gasteiger partial charge in [-0.2, -0.15) is 10.2 Å². The molecule has 2 heterocycles. The standard InChI is InChI=1S/C25H17N3O4/c26-13-25-28-22-9-7-20(12-24(22)32-25)30-14-17-11-19(8-10-23(17)29)31-15-18-6-5-16-3-1-2-4-21(16)27-18/h1-12,29H,14-15H2. The first-order valence-corrected chi connectivity index (χ1v) is 9.91. The number of pyridine rings is 1. The lowest BCUT2D eigenvalue weighted by atomic mass is 10.2. The summed E-state index contributed by atoms with van der Waals surface area (Å²) in [6.07, 6.45) is 0. The molecule has 0 unspecified atom stereocenters. The molecule has 0 saturated heterocycles. The van der Waals surface area contributed by atoms with E-state index in [4.69, 9.17) is 19.2 Å². The molecule has 0 saturated carbocycles. The Kier molecular flexibility index (Phi) is 5.02. The first kappa shape index (κ1) is 19.4. The van der Waals surface area contributed by atoms with Gasteiger partial charge in [0.25, 0.3) is 0 Å². The van der Waals surface area contributed by atoms with E-state index in [0.29, 0.717) is 34.8 Å². The summed E-state index contributed by atoms with van der Waals surface area (Å²) in [6, 6.07) is 23.8. The molecule has 0 aliphatic rings. The van der Waals surface area contributed by atoms with E-state index in [0.717, 1.165) is 16.6 Å². The van der Waals surface area contributed by atoms with Gasteiger partial charge >= 0.3 is 5.89 Å². The van der Waals surface area contributed by atoms with E-state index in [2.05, 4.69) is 9.97 Å². The van der Waals surface area contributed by atoms with Gasteiger partial charge in [-0.3, -0.25) is 0 Å². The van der Waals surface area contributed by atoms with Crippen molar-refractivity contribution in [1.82, 2.24) is 9.97 Å². The zero-order chi connectivity index (χ0) is 21.9. The fourth-order valence-corrected chi connectivity index (χ4v) is 3.32. The highest BCUT2D eigenvalue weighted by Gasteiger charge is 2.09. The SMILES string of the molecule is N#Cc1nc2ccc(OCc3cc(OCc4ccc5ccccc5n4)ccc3O)cc2o1. The van der Waals surface area contributed by atoms with Crippen LogP contribution < -0.4 is 9.47 Å². The second-order valence-corrected chi connectivity index (χ2v) is 7.12. The zero-order valence-electron chi connectivity index (χ0n) is 16.9. The Morgan fingerprint density at radius 1 is 0.844 bits per heavy atom. The molecule has 0 atom stereocenters. The summed E-state index contributed by atoms with van der Waals surface area (Å²) in [5.74, 6) is 1.24. The first-order valence-electron chi connectivity index (χ1n) is 9.91. The zero-order valence-corrected chi connectivity index (χ0v) is 16.9.